The highest BCUT2D eigenvalue weighted by Crippen LogP contribution is 2.30. The first-order chi connectivity index (χ1) is 10.3. The number of aromatic nitrogens is 1. The molecule has 0 N–H and O–H groups in total. The number of carbonyl (C=O) groups is 1. The Balaban J connectivity index is 1.41. The fourth-order valence-corrected chi connectivity index (χ4v) is 3.49. The van der Waals surface area contributed by atoms with Crippen LogP contribution < -0.4 is 0 Å². The summed E-state index contributed by atoms with van der Waals surface area (Å²) in [7, 11) is 0. The molecule has 4 nitrogen and oxygen atoms in total. The maximum absolute atomic E-state index is 12.6. The number of hydrogen-bond acceptors (Lipinski definition) is 4. The van der Waals surface area contributed by atoms with E-state index in [-0.39, 0.29) is 12.0 Å². The largest absolute Gasteiger partial charge is 0.376 e. The first-order valence-electron chi connectivity index (χ1n) is 7.54. The molecule has 2 aliphatic rings. The van der Waals surface area contributed by atoms with E-state index in [1.807, 2.05) is 28.6 Å². The van der Waals surface area contributed by atoms with Gasteiger partial charge in [-0.2, -0.15) is 0 Å². The van der Waals surface area contributed by atoms with Crippen molar-refractivity contribution >= 4 is 27.5 Å². The van der Waals surface area contributed by atoms with Crippen molar-refractivity contribution in [3.63, 3.8) is 0 Å². The Labute approximate surface area is 127 Å². The second-order valence-electron chi connectivity index (χ2n) is 5.97. The fraction of sp³-hybridized carbons (Fsp3) is 0.500. The number of ether oxygens (including phenoxy) is 1. The molecule has 1 unspecified atom stereocenters. The Morgan fingerprint density at radius 1 is 1.38 bits per heavy atom. The SMILES string of the molecule is O=C(c1ccc2ncsc2c1)N1CCC(OCC2CC2)C1. The molecule has 0 spiro atoms. The van der Waals surface area contributed by atoms with Crippen molar-refractivity contribution in [2.75, 3.05) is 19.7 Å². The standard InChI is InChI=1S/C16H18N2O2S/c19-16(12-3-4-14-15(7-12)21-10-17-14)18-6-5-13(8-18)20-9-11-1-2-11/h3-4,7,10-11,13H,1-2,5-6,8-9H2. The van der Waals surface area contributed by atoms with Gasteiger partial charge in [0.2, 0.25) is 0 Å². The molecule has 0 radical (unpaired) electrons. The lowest BCUT2D eigenvalue weighted by molar-refractivity contribution is 0.0480. The predicted octanol–water partition coefficient (Wildman–Crippen LogP) is 2.94. The number of likely N-dealkylation sites (tertiary alicyclic amines) is 1. The Morgan fingerprint density at radius 3 is 3.14 bits per heavy atom. The van der Waals surface area contributed by atoms with Gasteiger partial charge in [-0.15, -0.1) is 11.3 Å². The molecular weight excluding hydrogens is 284 g/mol. The molecule has 21 heavy (non-hydrogen) atoms. The second-order valence-corrected chi connectivity index (χ2v) is 6.86. The van der Waals surface area contributed by atoms with Crippen LogP contribution in [0, 0.1) is 5.92 Å². The van der Waals surface area contributed by atoms with Crippen LogP contribution in [0.1, 0.15) is 29.6 Å². The summed E-state index contributed by atoms with van der Waals surface area (Å²) in [5.74, 6) is 0.895. The van der Waals surface area contributed by atoms with E-state index in [4.69, 9.17) is 4.74 Å². The molecule has 2 fully saturated rings. The molecule has 110 valence electrons. The molecule has 0 bridgehead atoms. The topological polar surface area (TPSA) is 42.4 Å². The van der Waals surface area contributed by atoms with E-state index in [9.17, 15) is 4.79 Å². The van der Waals surface area contributed by atoms with Crippen LogP contribution in [-0.4, -0.2) is 41.6 Å². The molecule has 1 aliphatic carbocycles. The molecule has 1 aromatic heterocycles. The van der Waals surface area contributed by atoms with Crippen molar-refractivity contribution < 1.29 is 9.53 Å². The number of carbonyl (C=O) groups excluding carboxylic acids is 1. The fourth-order valence-electron chi connectivity index (χ4n) is 2.78. The second kappa shape index (κ2) is 5.39. The van der Waals surface area contributed by atoms with Crippen LogP contribution in [0.2, 0.25) is 0 Å². The van der Waals surface area contributed by atoms with E-state index in [2.05, 4.69) is 4.98 Å². The van der Waals surface area contributed by atoms with Gasteiger partial charge in [0.05, 0.1) is 21.8 Å². The zero-order valence-corrected chi connectivity index (χ0v) is 12.6. The van der Waals surface area contributed by atoms with Gasteiger partial charge in [0.1, 0.15) is 0 Å². The summed E-state index contributed by atoms with van der Waals surface area (Å²) >= 11 is 1.57. The molecule has 1 atom stereocenters. The average molecular weight is 302 g/mol. The van der Waals surface area contributed by atoms with Crippen LogP contribution in [0.3, 0.4) is 0 Å². The van der Waals surface area contributed by atoms with Crippen LogP contribution >= 0.6 is 11.3 Å². The summed E-state index contributed by atoms with van der Waals surface area (Å²) in [4.78, 5) is 18.7. The number of rotatable bonds is 4. The number of thiazole rings is 1. The van der Waals surface area contributed by atoms with Crippen LogP contribution in [-0.2, 0) is 4.74 Å². The van der Waals surface area contributed by atoms with Gasteiger partial charge in [0.25, 0.3) is 5.91 Å². The summed E-state index contributed by atoms with van der Waals surface area (Å²) in [6.07, 6.45) is 3.80. The van der Waals surface area contributed by atoms with E-state index in [1.54, 1.807) is 11.3 Å². The molecule has 4 rings (SSSR count). The number of hydrogen-bond donors (Lipinski definition) is 0. The monoisotopic (exact) mass is 302 g/mol. The minimum atomic E-state index is 0.114. The quantitative estimate of drug-likeness (QED) is 0.872. The van der Waals surface area contributed by atoms with Crippen molar-refractivity contribution in [2.45, 2.75) is 25.4 Å². The number of nitrogens with zero attached hydrogens (tertiary/aromatic N) is 2. The lowest BCUT2D eigenvalue weighted by Gasteiger charge is -2.17. The zero-order valence-electron chi connectivity index (χ0n) is 11.8. The third kappa shape index (κ3) is 2.80. The normalized spacial score (nSPS) is 22.1. The maximum Gasteiger partial charge on any atom is 0.253 e. The third-order valence-corrected chi connectivity index (χ3v) is 5.07. The summed E-state index contributed by atoms with van der Waals surface area (Å²) in [6, 6.07) is 5.76. The summed E-state index contributed by atoms with van der Waals surface area (Å²) in [6.45, 7) is 2.40. The van der Waals surface area contributed by atoms with Gasteiger partial charge >= 0.3 is 0 Å². The minimum absolute atomic E-state index is 0.114. The van der Waals surface area contributed by atoms with Crippen molar-refractivity contribution in [1.82, 2.24) is 9.88 Å². The Bertz CT molecular complexity index is 665. The Morgan fingerprint density at radius 2 is 2.29 bits per heavy atom. The summed E-state index contributed by atoms with van der Waals surface area (Å²) < 4.78 is 6.97. The highest BCUT2D eigenvalue weighted by atomic mass is 32.1. The molecule has 1 aromatic carbocycles. The first kappa shape index (κ1) is 13.2. The molecule has 1 amide bonds. The van der Waals surface area contributed by atoms with Gasteiger partial charge in [0, 0.05) is 25.3 Å². The lowest BCUT2D eigenvalue weighted by Crippen LogP contribution is -2.30. The third-order valence-electron chi connectivity index (χ3n) is 4.28. The molecular formula is C16H18N2O2S. The Hall–Kier alpha value is -1.46. The molecule has 1 aliphatic heterocycles. The van der Waals surface area contributed by atoms with Crippen LogP contribution in [0.4, 0.5) is 0 Å². The highest BCUT2D eigenvalue weighted by molar-refractivity contribution is 7.16. The number of benzene rings is 1. The van der Waals surface area contributed by atoms with Gasteiger partial charge in [-0.3, -0.25) is 4.79 Å². The van der Waals surface area contributed by atoms with E-state index in [1.165, 1.54) is 12.8 Å². The lowest BCUT2D eigenvalue weighted by atomic mass is 10.2. The van der Waals surface area contributed by atoms with Gasteiger partial charge in [-0.25, -0.2) is 4.98 Å². The minimum Gasteiger partial charge on any atom is -0.376 e. The van der Waals surface area contributed by atoms with Crippen LogP contribution in [0.25, 0.3) is 10.2 Å². The maximum atomic E-state index is 12.6. The molecule has 1 saturated heterocycles. The van der Waals surface area contributed by atoms with Gasteiger partial charge in [-0.1, -0.05) is 0 Å². The molecule has 2 aromatic rings. The van der Waals surface area contributed by atoms with Crippen LogP contribution in [0.15, 0.2) is 23.7 Å². The Kier molecular flexibility index (Phi) is 3.39. The van der Waals surface area contributed by atoms with E-state index >= 15 is 0 Å². The highest BCUT2D eigenvalue weighted by Gasteiger charge is 2.30. The van der Waals surface area contributed by atoms with Crippen molar-refractivity contribution in [1.29, 1.82) is 0 Å². The van der Waals surface area contributed by atoms with E-state index in [0.717, 1.165) is 47.8 Å². The smallest absolute Gasteiger partial charge is 0.253 e. The number of amides is 1. The molecule has 1 saturated carbocycles. The molecule has 2 heterocycles. The van der Waals surface area contributed by atoms with Gasteiger partial charge in [-0.05, 0) is 43.4 Å². The van der Waals surface area contributed by atoms with Crippen molar-refractivity contribution in [3.05, 3.63) is 29.3 Å². The number of fused-ring (bicyclic) bond motifs is 1. The summed E-state index contributed by atoms with van der Waals surface area (Å²) in [5, 5.41) is 0. The molecule has 5 heteroatoms. The van der Waals surface area contributed by atoms with Gasteiger partial charge < -0.3 is 9.64 Å². The van der Waals surface area contributed by atoms with Gasteiger partial charge in [0.15, 0.2) is 0 Å². The van der Waals surface area contributed by atoms with Crippen molar-refractivity contribution in [3.8, 4) is 0 Å². The summed E-state index contributed by atoms with van der Waals surface area (Å²) in [5.41, 5.74) is 3.54. The van der Waals surface area contributed by atoms with Crippen molar-refractivity contribution in [2.24, 2.45) is 5.92 Å². The zero-order chi connectivity index (χ0) is 14.2. The van der Waals surface area contributed by atoms with E-state index < -0.39 is 0 Å². The van der Waals surface area contributed by atoms with E-state index in [0.29, 0.717) is 0 Å². The predicted molar refractivity (Wildman–Crippen MR) is 82.6 cm³/mol. The van der Waals surface area contributed by atoms with Crippen LogP contribution in [0.5, 0.6) is 0 Å². The first-order valence-corrected chi connectivity index (χ1v) is 8.42. The average Bonchev–Trinajstić information content (AvgIpc) is 3.03.